The Morgan fingerprint density at radius 3 is 2.72 bits per heavy atom. The molecule has 196 valence electrons. The van der Waals surface area contributed by atoms with Gasteiger partial charge in [0.2, 0.25) is 5.89 Å². The molecule has 0 radical (unpaired) electrons. The zero-order valence-corrected chi connectivity index (χ0v) is 21.8. The van der Waals surface area contributed by atoms with Crippen LogP contribution in [0.4, 0.5) is 0 Å². The summed E-state index contributed by atoms with van der Waals surface area (Å²) in [6, 6.07) is 11.9. The fourth-order valence-electron chi connectivity index (χ4n) is 5.55. The van der Waals surface area contributed by atoms with E-state index in [2.05, 4.69) is 36.5 Å². The number of aromatic nitrogens is 8. The van der Waals surface area contributed by atoms with Crippen LogP contribution in [0.25, 0.3) is 22.3 Å². The summed E-state index contributed by atoms with van der Waals surface area (Å²) in [4.78, 5) is 29.2. The minimum absolute atomic E-state index is 0.242. The largest absolute Gasteiger partial charge is 0.437 e. The number of nitrogens with zero attached hydrogens (tertiary/aromatic N) is 6. The van der Waals surface area contributed by atoms with E-state index in [1.165, 1.54) is 4.68 Å². The monoisotopic (exact) mass is 521 g/mol. The standard InChI is InChI=1S/C28H27N9O2/c1-4-37-27(38)39-26(35-37)28(17-13-31-36(3)15-17)24-19(18-7-5-6-8-20(18)32-24)11-22(34-28)25-30-14-23(33-25)21-10-9-16(2)12-29-21/h5-10,12-15,22,32,34H,4,11H2,1-3H3,(H,30,33)/t22-,28?/m1/s1. The smallest absolute Gasteiger partial charge is 0.389 e. The Bertz CT molecular complexity index is 1870. The second-order valence-electron chi connectivity index (χ2n) is 9.97. The number of hydrogen-bond acceptors (Lipinski definition) is 7. The van der Waals surface area contributed by atoms with Crippen molar-refractivity contribution >= 4 is 10.9 Å². The second kappa shape index (κ2) is 8.63. The number of aromatic amines is 2. The van der Waals surface area contributed by atoms with Crippen molar-refractivity contribution < 1.29 is 4.42 Å². The lowest BCUT2D eigenvalue weighted by atomic mass is 9.79. The van der Waals surface area contributed by atoms with E-state index in [9.17, 15) is 4.79 Å². The van der Waals surface area contributed by atoms with Gasteiger partial charge in [-0.15, -0.1) is 5.10 Å². The first-order valence-electron chi connectivity index (χ1n) is 12.9. The third kappa shape index (κ3) is 3.57. The zero-order valence-electron chi connectivity index (χ0n) is 21.8. The molecule has 0 aliphatic carbocycles. The van der Waals surface area contributed by atoms with Crippen LogP contribution in [0.2, 0.25) is 0 Å². The molecule has 7 rings (SSSR count). The zero-order chi connectivity index (χ0) is 26.7. The lowest BCUT2D eigenvalue weighted by molar-refractivity contribution is 0.284. The molecule has 6 aromatic rings. The van der Waals surface area contributed by atoms with Crippen molar-refractivity contribution in [3.05, 3.63) is 106 Å². The van der Waals surface area contributed by atoms with Crippen molar-refractivity contribution in [3.8, 4) is 11.4 Å². The first-order chi connectivity index (χ1) is 19.0. The van der Waals surface area contributed by atoms with Crippen molar-refractivity contribution in [2.24, 2.45) is 7.05 Å². The molecule has 0 amide bonds. The van der Waals surface area contributed by atoms with E-state index in [4.69, 9.17) is 9.40 Å². The molecular formula is C28H27N9O2. The fourth-order valence-corrected chi connectivity index (χ4v) is 5.55. The second-order valence-corrected chi connectivity index (χ2v) is 9.97. The Kier molecular flexibility index (Phi) is 5.17. The number of imidazole rings is 1. The third-order valence-corrected chi connectivity index (χ3v) is 7.46. The molecule has 5 aromatic heterocycles. The average Bonchev–Trinajstić information content (AvgIpc) is 3.74. The van der Waals surface area contributed by atoms with Crippen LogP contribution in [0, 0.1) is 6.92 Å². The van der Waals surface area contributed by atoms with Gasteiger partial charge in [0, 0.05) is 42.5 Å². The lowest BCUT2D eigenvalue weighted by Gasteiger charge is -2.38. The first-order valence-corrected chi connectivity index (χ1v) is 12.9. The van der Waals surface area contributed by atoms with Crippen LogP contribution in [-0.4, -0.2) is 39.5 Å². The van der Waals surface area contributed by atoms with Crippen LogP contribution in [0.5, 0.6) is 0 Å². The summed E-state index contributed by atoms with van der Waals surface area (Å²) < 4.78 is 8.93. The topological polar surface area (TPSA) is 135 Å². The number of nitrogens with one attached hydrogen (secondary N) is 3. The molecule has 11 nitrogen and oxygen atoms in total. The van der Waals surface area contributed by atoms with Crippen LogP contribution in [0.3, 0.4) is 0 Å². The van der Waals surface area contributed by atoms with Gasteiger partial charge in [0.1, 0.15) is 5.82 Å². The van der Waals surface area contributed by atoms with Gasteiger partial charge in [-0.2, -0.15) is 9.78 Å². The van der Waals surface area contributed by atoms with Gasteiger partial charge < -0.3 is 14.4 Å². The van der Waals surface area contributed by atoms with Crippen LogP contribution >= 0.6 is 0 Å². The Balaban J connectivity index is 1.46. The molecule has 0 saturated carbocycles. The highest BCUT2D eigenvalue weighted by Crippen LogP contribution is 2.45. The van der Waals surface area contributed by atoms with E-state index in [0.29, 0.717) is 13.0 Å². The summed E-state index contributed by atoms with van der Waals surface area (Å²) in [7, 11) is 1.86. The van der Waals surface area contributed by atoms with Gasteiger partial charge in [0.15, 0.2) is 5.54 Å². The first kappa shape index (κ1) is 23.4. The van der Waals surface area contributed by atoms with Crippen molar-refractivity contribution in [3.63, 3.8) is 0 Å². The molecule has 0 bridgehead atoms. The molecule has 1 aromatic carbocycles. The molecule has 1 aliphatic heterocycles. The minimum atomic E-state index is -1.12. The molecule has 3 N–H and O–H groups in total. The van der Waals surface area contributed by atoms with Gasteiger partial charge in [-0.05, 0) is 43.5 Å². The molecule has 6 heterocycles. The highest BCUT2D eigenvalue weighted by atomic mass is 16.4. The fraction of sp³-hybridized carbons (Fsp3) is 0.250. The van der Waals surface area contributed by atoms with Gasteiger partial charge in [-0.1, -0.05) is 24.3 Å². The molecule has 1 aliphatic rings. The SMILES string of the molecule is CCn1nc(C2(c3cnn(C)c3)N[C@@H](c3ncc(-c4ccc(C)cn4)[nH]3)Cc3c2[nH]c2ccccc32)oc1=O. The highest BCUT2D eigenvalue weighted by molar-refractivity contribution is 5.86. The lowest BCUT2D eigenvalue weighted by Crippen LogP contribution is -2.51. The van der Waals surface area contributed by atoms with Crippen molar-refractivity contribution in [1.82, 2.24) is 44.8 Å². The Morgan fingerprint density at radius 1 is 1.10 bits per heavy atom. The summed E-state index contributed by atoms with van der Waals surface area (Å²) in [6.45, 7) is 4.26. The Hall–Kier alpha value is -4.77. The number of aryl methyl sites for hydroxylation is 3. The number of para-hydroxylation sites is 1. The van der Waals surface area contributed by atoms with E-state index in [1.807, 2.05) is 63.6 Å². The summed E-state index contributed by atoms with van der Waals surface area (Å²) in [5, 5.41) is 14.0. The van der Waals surface area contributed by atoms with Gasteiger partial charge >= 0.3 is 5.76 Å². The quantitative estimate of drug-likeness (QED) is 0.317. The molecule has 39 heavy (non-hydrogen) atoms. The number of fused-ring (bicyclic) bond motifs is 3. The number of benzene rings is 1. The molecule has 0 saturated heterocycles. The molecule has 0 fully saturated rings. The van der Waals surface area contributed by atoms with Crippen LogP contribution in [0.1, 0.15) is 47.1 Å². The van der Waals surface area contributed by atoms with Crippen molar-refractivity contribution in [1.29, 1.82) is 0 Å². The van der Waals surface area contributed by atoms with Gasteiger partial charge in [-0.25, -0.2) is 9.78 Å². The number of H-pyrrole nitrogens is 2. The van der Waals surface area contributed by atoms with Gasteiger partial charge in [-0.3, -0.25) is 15.0 Å². The van der Waals surface area contributed by atoms with E-state index < -0.39 is 11.3 Å². The minimum Gasteiger partial charge on any atom is -0.389 e. The predicted molar refractivity (Wildman–Crippen MR) is 144 cm³/mol. The molecule has 11 heteroatoms. The van der Waals surface area contributed by atoms with E-state index in [1.54, 1.807) is 17.1 Å². The summed E-state index contributed by atoms with van der Waals surface area (Å²) in [5.74, 6) is 0.476. The van der Waals surface area contributed by atoms with Crippen LogP contribution < -0.4 is 11.1 Å². The normalized spacial score (nSPS) is 19.0. The number of rotatable bonds is 5. The predicted octanol–water partition coefficient (Wildman–Crippen LogP) is 3.34. The maximum absolute atomic E-state index is 12.8. The van der Waals surface area contributed by atoms with Crippen molar-refractivity contribution in [2.45, 2.75) is 38.4 Å². The van der Waals surface area contributed by atoms with Gasteiger partial charge in [0.25, 0.3) is 0 Å². The molecular weight excluding hydrogens is 494 g/mol. The van der Waals surface area contributed by atoms with Crippen LogP contribution in [-0.2, 0) is 25.6 Å². The number of pyridine rings is 1. The Morgan fingerprint density at radius 2 is 1.97 bits per heavy atom. The number of hydrogen-bond donors (Lipinski definition) is 3. The average molecular weight is 522 g/mol. The van der Waals surface area contributed by atoms with E-state index in [-0.39, 0.29) is 11.9 Å². The third-order valence-electron chi connectivity index (χ3n) is 7.46. The van der Waals surface area contributed by atoms with E-state index in [0.717, 1.165) is 50.5 Å². The van der Waals surface area contributed by atoms with E-state index >= 15 is 0 Å². The van der Waals surface area contributed by atoms with Crippen molar-refractivity contribution in [2.75, 3.05) is 0 Å². The summed E-state index contributed by atoms with van der Waals surface area (Å²) in [6.07, 6.45) is 7.98. The maximum Gasteiger partial charge on any atom is 0.437 e. The molecule has 1 unspecified atom stereocenters. The summed E-state index contributed by atoms with van der Waals surface area (Å²) in [5.41, 5.74) is 5.34. The van der Waals surface area contributed by atoms with Crippen LogP contribution in [0.15, 0.2) is 70.4 Å². The molecule has 2 atom stereocenters. The van der Waals surface area contributed by atoms with Gasteiger partial charge in [0.05, 0.1) is 35.5 Å². The Labute approximate surface area is 222 Å². The summed E-state index contributed by atoms with van der Waals surface area (Å²) >= 11 is 0. The highest BCUT2D eigenvalue weighted by Gasteiger charge is 2.51. The molecule has 0 spiro atoms. The maximum atomic E-state index is 12.8.